The number of hydrogen-bond donors (Lipinski definition) is 1. The molecule has 1 aromatic heterocycles. The van der Waals surface area contributed by atoms with E-state index in [1.807, 2.05) is 25.1 Å². The van der Waals surface area contributed by atoms with Gasteiger partial charge in [-0.05, 0) is 49.7 Å². The second kappa shape index (κ2) is 7.74. The molecular weight excluding hydrogens is 348 g/mol. The Bertz CT molecular complexity index is 1020. The van der Waals surface area contributed by atoms with E-state index in [-0.39, 0.29) is 5.76 Å². The summed E-state index contributed by atoms with van der Waals surface area (Å²) < 4.78 is 10.6. The van der Waals surface area contributed by atoms with E-state index in [4.69, 9.17) is 9.15 Å². The molecule has 0 spiro atoms. The highest BCUT2D eigenvalue weighted by atomic mass is 16.5. The molecule has 0 saturated carbocycles. The van der Waals surface area contributed by atoms with Crippen molar-refractivity contribution < 1.29 is 23.8 Å². The fraction of sp³-hybridized carbons (Fsp3) is 0.150. The minimum absolute atomic E-state index is 0.221. The number of aryl methyl sites for hydroxylation is 1. The minimum atomic E-state index is -1.29. The van der Waals surface area contributed by atoms with E-state index in [9.17, 15) is 14.7 Å². The maximum absolute atomic E-state index is 12.4. The summed E-state index contributed by atoms with van der Waals surface area (Å²) >= 11 is 0. The molecule has 2 aromatic carbocycles. The highest BCUT2D eigenvalue weighted by molar-refractivity contribution is 6.02. The van der Waals surface area contributed by atoms with Gasteiger partial charge in [-0.2, -0.15) is 5.10 Å². The quantitative estimate of drug-likeness (QED) is 0.532. The van der Waals surface area contributed by atoms with Gasteiger partial charge in [0.15, 0.2) is 5.76 Å². The summed E-state index contributed by atoms with van der Waals surface area (Å²) in [6.45, 7) is 3.05. The van der Waals surface area contributed by atoms with E-state index in [0.29, 0.717) is 17.0 Å². The SMILES string of the molecule is C/C(=N/NC(=O)c1oc2ccccc2c1C)c1ccc(OCC(=O)[O-])cc1. The summed E-state index contributed by atoms with van der Waals surface area (Å²) in [5, 5.41) is 15.4. The third-order valence-corrected chi connectivity index (χ3v) is 4.00. The first kappa shape index (κ1) is 18.2. The molecule has 0 aliphatic carbocycles. The molecular formula is C20H17N2O5-. The number of carboxylic acid groups (broad SMARTS) is 1. The van der Waals surface area contributed by atoms with E-state index in [0.717, 1.165) is 16.5 Å². The Hall–Kier alpha value is -3.61. The standard InChI is InChI=1S/C20H18N2O5/c1-12-16-5-3-4-6-17(16)27-19(12)20(25)22-21-13(2)14-7-9-15(10-8-14)26-11-18(23)24/h3-10H,11H2,1-2H3,(H,22,25)(H,23,24)/p-1/b21-13-. The lowest BCUT2D eigenvalue weighted by molar-refractivity contribution is -0.307. The van der Waals surface area contributed by atoms with Crippen molar-refractivity contribution in [3.63, 3.8) is 0 Å². The van der Waals surface area contributed by atoms with Crippen LogP contribution in [-0.2, 0) is 4.79 Å². The smallest absolute Gasteiger partial charge is 0.307 e. The maximum atomic E-state index is 12.4. The number of benzene rings is 2. The number of nitrogens with zero attached hydrogens (tertiary/aromatic N) is 1. The lowest BCUT2D eigenvalue weighted by Crippen LogP contribution is -2.28. The van der Waals surface area contributed by atoms with Gasteiger partial charge in [-0.1, -0.05) is 18.2 Å². The van der Waals surface area contributed by atoms with E-state index >= 15 is 0 Å². The van der Waals surface area contributed by atoms with Crippen molar-refractivity contribution in [3.05, 3.63) is 65.4 Å². The molecule has 7 heteroatoms. The highest BCUT2D eigenvalue weighted by Gasteiger charge is 2.17. The second-order valence-corrected chi connectivity index (χ2v) is 5.88. The van der Waals surface area contributed by atoms with Crippen molar-refractivity contribution in [2.75, 3.05) is 6.61 Å². The van der Waals surface area contributed by atoms with Gasteiger partial charge in [0, 0.05) is 10.9 Å². The monoisotopic (exact) mass is 365 g/mol. The summed E-state index contributed by atoms with van der Waals surface area (Å²) in [4.78, 5) is 22.8. The predicted molar refractivity (Wildman–Crippen MR) is 97.6 cm³/mol. The van der Waals surface area contributed by atoms with Gasteiger partial charge >= 0.3 is 5.91 Å². The fourth-order valence-electron chi connectivity index (χ4n) is 2.58. The molecule has 0 saturated heterocycles. The summed E-state index contributed by atoms with van der Waals surface area (Å²) in [5.41, 5.74) is 5.21. The van der Waals surface area contributed by atoms with Crippen LogP contribution in [0.4, 0.5) is 0 Å². The maximum Gasteiger partial charge on any atom is 0.307 e. The molecule has 0 aliphatic heterocycles. The average molecular weight is 365 g/mol. The van der Waals surface area contributed by atoms with Gasteiger partial charge in [-0.25, -0.2) is 5.43 Å². The number of carbonyl (C=O) groups excluding carboxylic acids is 2. The van der Waals surface area contributed by atoms with Crippen LogP contribution in [0.25, 0.3) is 11.0 Å². The highest BCUT2D eigenvalue weighted by Crippen LogP contribution is 2.24. The molecule has 7 nitrogen and oxygen atoms in total. The Labute approximate surface area is 155 Å². The van der Waals surface area contributed by atoms with Gasteiger partial charge in [-0.15, -0.1) is 0 Å². The van der Waals surface area contributed by atoms with E-state index in [1.54, 1.807) is 37.3 Å². The zero-order valence-electron chi connectivity index (χ0n) is 14.8. The molecule has 0 radical (unpaired) electrons. The topological polar surface area (TPSA) is 104 Å². The predicted octanol–water partition coefficient (Wildman–Crippen LogP) is 2.02. The molecule has 3 rings (SSSR count). The zero-order valence-corrected chi connectivity index (χ0v) is 14.8. The molecule has 0 fully saturated rings. The van der Waals surface area contributed by atoms with Crippen LogP contribution < -0.4 is 15.3 Å². The van der Waals surface area contributed by atoms with Crippen LogP contribution in [0.5, 0.6) is 5.75 Å². The Morgan fingerprint density at radius 3 is 2.52 bits per heavy atom. The van der Waals surface area contributed by atoms with E-state index in [2.05, 4.69) is 10.5 Å². The lowest BCUT2D eigenvalue weighted by Gasteiger charge is -2.07. The zero-order chi connectivity index (χ0) is 19.4. The van der Waals surface area contributed by atoms with Crippen LogP contribution in [0, 0.1) is 6.92 Å². The number of fused-ring (bicyclic) bond motifs is 1. The summed E-state index contributed by atoms with van der Waals surface area (Å²) in [5.74, 6) is -1.10. The van der Waals surface area contributed by atoms with E-state index in [1.165, 1.54) is 0 Å². The molecule has 0 unspecified atom stereocenters. The van der Waals surface area contributed by atoms with Crippen LogP contribution in [0.1, 0.15) is 28.6 Å². The Kier molecular flexibility index (Phi) is 5.21. The number of furan rings is 1. The van der Waals surface area contributed by atoms with Gasteiger partial charge in [0.05, 0.1) is 11.7 Å². The second-order valence-electron chi connectivity index (χ2n) is 5.88. The number of carbonyl (C=O) groups is 2. The molecule has 3 aromatic rings. The van der Waals surface area contributed by atoms with Gasteiger partial charge in [0.25, 0.3) is 0 Å². The van der Waals surface area contributed by atoms with Crippen LogP contribution in [0.3, 0.4) is 0 Å². The molecule has 1 N–H and O–H groups in total. The first-order valence-electron chi connectivity index (χ1n) is 8.21. The van der Waals surface area contributed by atoms with Gasteiger partial charge in [-0.3, -0.25) is 4.79 Å². The van der Waals surface area contributed by atoms with Crippen LogP contribution in [0.2, 0.25) is 0 Å². The number of ether oxygens (including phenoxy) is 1. The molecule has 138 valence electrons. The number of carboxylic acids is 1. The number of rotatable bonds is 6. The minimum Gasteiger partial charge on any atom is -0.546 e. The van der Waals surface area contributed by atoms with Crippen molar-refractivity contribution >= 4 is 28.6 Å². The van der Waals surface area contributed by atoms with Crippen molar-refractivity contribution in [2.45, 2.75) is 13.8 Å². The molecule has 27 heavy (non-hydrogen) atoms. The van der Waals surface area contributed by atoms with Crippen molar-refractivity contribution in [3.8, 4) is 5.75 Å². The number of nitrogens with one attached hydrogen (secondary N) is 1. The molecule has 0 bridgehead atoms. The first-order chi connectivity index (χ1) is 13.0. The Balaban J connectivity index is 1.70. The fourth-order valence-corrected chi connectivity index (χ4v) is 2.58. The average Bonchev–Trinajstić information content (AvgIpc) is 3.01. The Morgan fingerprint density at radius 2 is 1.85 bits per heavy atom. The van der Waals surface area contributed by atoms with Crippen LogP contribution in [0.15, 0.2) is 58.0 Å². The van der Waals surface area contributed by atoms with Gasteiger partial charge < -0.3 is 19.1 Å². The van der Waals surface area contributed by atoms with Gasteiger partial charge in [0.2, 0.25) is 0 Å². The number of hydrazone groups is 1. The van der Waals surface area contributed by atoms with E-state index < -0.39 is 18.5 Å². The van der Waals surface area contributed by atoms with Crippen molar-refractivity contribution in [1.82, 2.24) is 5.43 Å². The number of hydrogen-bond acceptors (Lipinski definition) is 6. The number of para-hydroxylation sites is 1. The summed E-state index contributed by atoms with van der Waals surface area (Å²) in [6.07, 6.45) is 0. The number of aliphatic carboxylic acids is 1. The molecule has 1 amide bonds. The third-order valence-electron chi connectivity index (χ3n) is 4.00. The normalized spacial score (nSPS) is 11.4. The number of amides is 1. The molecule has 1 heterocycles. The Morgan fingerprint density at radius 1 is 1.15 bits per heavy atom. The largest absolute Gasteiger partial charge is 0.546 e. The summed E-state index contributed by atoms with van der Waals surface area (Å²) in [7, 11) is 0. The molecule has 0 aliphatic rings. The first-order valence-corrected chi connectivity index (χ1v) is 8.21. The third kappa shape index (κ3) is 4.14. The molecule has 0 atom stereocenters. The van der Waals surface area contributed by atoms with Crippen LogP contribution >= 0.6 is 0 Å². The summed E-state index contributed by atoms with van der Waals surface area (Å²) in [6, 6.07) is 14.1. The lowest BCUT2D eigenvalue weighted by atomic mass is 10.1. The van der Waals surface area contributed by atoms with Crippen molar-refractivity contribution in [2.24, 2.45) is 5.10 Å². The van der Waals surface area contributed by atoms with Crippen molar-refractivity contribution in [1.29, 1.82) is 0 Å². The van der Waals surface area contributed by atoms with Crippen LogP contribution in [-0.4, -0.2) is 24.2 Å². The van der Waals surface area contributed by atoms with Gasteiger partial charge in [0.1, 0.15) is 17.9 Å².